The lowest BCUT2D eigenvalue weighted by Crippen LogP contribution is -2.31. The third-order valence-electron chi connectivity index (χ3n) is 2.19. The van der Waals surface area contributed by atoms with E-state index in [1.54, 1.807) is 0 Å². The third kappa shape index (κ3) is 3.35. The number of nitrogens with one attached hydrogen (secondary N) is 1. The molecule has 0 aromatic rings. The van der Waals surface area contributed by atoms with Gasteiger partial charge in [-0.25, -0.2) is 0 Å². The molecule has 3 nitrogen and oxygen atoms in total. The van der Waals surface area contributed by atoms with Crippen molar-refractivity contribution in [3.05, 3.63) is 0 Å². The minimum Gasteiger partial charge on any atom is -0.464 e. The van der Waals surface area contributed by atoms with E-state index in [1.165, 1.54) is 6.42 Å². The molecule has 1 heterocycles. The van der Waals surface area contributed by atoms with Crippen LogP contribution >= 0.6 is 0 Å². The maximum atomic E-state index is 11.4. The van der Waals surface area contributed by atoms with Crippen LogP contribution in [0.3, 0.4) is 0 Å². The zero-order chi connectivity index (χ0) is 9.90. The molecule has 0 aromatic carbocycles. The molecule has 0 spiro atoms. The molecule has 0 radical (unpaired) electrons. The van der Waals surface area contributed by atoms with Crippen molar-refractivity contribution in [2.45, 2.75) is 39.7 Å². The van der Waals surface area contributed by atoms with Gasteiger partial charge in [0.15, 0.2) is 0 Å². The molecule has 1 N–H and O–H groups in total. The molecule has 0 saturated carbocycles. The maximum Gasteiger partial charge on any atom is 0.311 e. The normalized spacial score (nSPS) is 23.2. The van der Waals surface area contributed by atoms with Crippen molar-refractivity contribution >= 4 is 5.97 Å². The third-order valence-corrected chi connectivity index (χ3v) is 2.19. The molecule has 3 heteroatoms. The van der Waals surface area contributed by atoms with Crippen LogP contribution in [-0.2, 0) is 9.53 Å². The van der Waals surface area contributed by atoms with Gasteiger partial charge in [0, 0.05) is 6.04 Å². The summed E-state index contributed by atoms with van der Waals surface area (Å²) in [5, 5.41) is 3.29. The molecule has 0 aliphatic carbocycles. The van der Waals surface area contributed by atoms with Crippen LogP contribution in [0.4, 0.5) is 0 Å². The Hall–Kier alpha value is -0.570. The molecule has 1 aliphatic heterocycles. The second-order valence-electron chi connectivity index (χ2n) is 4.64. The predicted octanol–water partition coefficient (Wildman–Crippen LogP) is 1.33. The van der Waals surface area contributed by atoms with Crippen molar-refractivity contribution in [1.29, 1.82) is 0 Å². The smallest absolute Gasteiger partial charge is 0.311 e. The fraction of sp³-hybridized carbons (Fsp3) is 0.900. The van der Waals surface area contributed by atoms with Gasteiger partial charge < -0.3 is 10.1 Å². The second kappa shape index (κ2) is 4.09. The van der Waals surface area contributed by atoms with Crippen molar-refractivity contribution < 1.29 is 9.53 Å². The lowest BCUT2D eigenvalue weighted by molar-refractivity contribution is -0.153. The van der Waals surface area contributed by atoms with Crippen LogP contribution in [-0.4, -0.2) is 25.2 Å². The first-order valence-electron chi connectivity index (χ1n) is 4.91. The summed E-state index contributed by atoms with van der Waals surface area (Å²) in [6, 6.07) is 0.381. The first kappa shape index (κ1) is 10.5. The predicted molar refractivity (Wildman–Crippen MR) is 51.4 cm³/mol. The summed E-state index contributed by atoms with van der Waals surface area (Å²) in [5.74, 6) is -0.110. The lowest BCUT2D eigenvalue weighted by atomic mass is 9.97. The summed E-state index contributed by atoms with van der Waals surface area (Å²) >= 11 is 0. The van der Waals surface area contributed by atoms with Crippen LogP contribution in [0, 0.1) is 5.41 Å². The van der Waals surface area contributed by atoms with Gasteiger partial charge in [-0.2, -0.15) is 0 Å². The highest BCUT2D eigenvalue weighted by Crippen LogP contribution is 2.16. The molecule has 1 unspecified atom stereocenters. The summed E-state index contributed by atoms with van der Waals surface area (Å²) in [5.41, 5.74) is -0.376. The van der Waals surface area contributed by atoms with Crippen molar-refractivity contribution in [2.75, 3.05) is 13.2 Å². The van der Waals surface area contributed by atoms with E-state index >= 15 is 0 Å². The van der Waals surface area contributed by atoms with E-state index in [0.717, 1.165) is 13.0 Å². The highest BCUT2D eigenvalue weighted by molar-refractivity contribution is 5.75. The van der Waals surface area contributed by atoms with E-state index in [0.29, 0.717) is 12.6 Å². The molecule has 1 saturated heterocycles. The zero-order valence-corrected chi connectivity index (χ0v) is 8.72. The standard InChI is InChI=1S/C10H19NO2/c1-10(2,3)9(12)13-7-8-5-4-6-11-8/h8,11H,4-7H2,1-3H3. The van der Waals surface area contributed by atoms with E-state index in [4.69, 9.17) is 4.74 Å². The SMILES string of the molecule is CC(C)(C)C(=O)OCC1CCCN1. The van der Waals surface area contributed by atoms with Gasteiger partial charge in [-0.05, 0) is 40.2 Å². The fourth-order valence-electron chi connectivity index (χ4n) is 1.29. The quantitative estimate of drug-likeness (QED) is 0.659. The number of carbonyl (C=O) groups is 1. The van der Waals surface area contributed by atoms with Crippen molar-refractivity contribution in [3.63, 3.8) is 0 Å². The molecule has 1 aliphatic rings. The minimum absolute atomic E-state index is 0.110. The Morgan fingerprint density at radius 3 is 2.69 bits per heavy atom. The van der Waals surface area contributed by atoms with Crippen LogP contribution < -0.4 is 5.32 Å². The van der Waals surface area contributed by atoms with Crippen molar-refractivity contribution in [1.82, 2.24) is 5.32 Å². The van der Waals surface area contributed by atoms with Crippen LogP contribution in [0.25, 0.3) is 0 Å². The maximum absolute atomic E-state index is 11.4. The highest BCUT2D eigenvalue weighted by atomic mass is 16.5. The second-order valence-corrected chi connectivity index (χ2v) is 4.64. The van der Waals surface area contributed by atoms with Gasteiger partial charge in [-0.1, -0.05) is 0 Å². The Kier molecular flexibility index (Phi) is 3.31. The molecular formula is C10H19NO2. The van der Waals surface area contributed by atoms with Gasteiger partial charge in [0.25, 0.3) is 0 Å². The number of hydrogen-bond acceptors (Lipinski definition) is 3. The molecule has 1 fully saturated rings. The molecule has 0 bridgehead atoms. The number of ether oxygens (including phenoxy) is 1. The molecule has 0 amide bonds. The largest absolute Gasteiger partial charge is 0.464 e. The van der Waals surface area contributed by atoms with E-state index in [1.807, 2.05) is 20.8 Å². The highest BCUT2D eigenvalue weighted by Gasteiger charge is 2.24. The van der Waals surface area contributed by atoms with Crippen molar-refractivity contribution in [3.8, 4) is 0 Å². The summed E-state index contributed by atoms with van der Waals surface area (Å²) in [6.45, 7) is 7.19. The monoisotopic (exact) mass is 185 g/mol. The lowest BCUT2D eigenvalue weighted by Gasteiger charge is -2.18. The topological polar surface area (TPSA) is 38.3 Å². The molecule has 76 valence electrons. The van der Waals surface area contributed by atoms with Gasteiger partial charge in [0.05, 0.1) is 5.41 Å². The average molecular weight is 185 g/mol. The van der Waals surface area contributed by atoms with Gasteiger partial charge in [-0.15, -0.1) is 0 Å². The van der Waals surface area contributed by atoms with Crippen LogP contribution in [0.1, 0.15) is 33.6 Å². The summed E-state index contributed by atoms with van der Waals surface area (Å²) in [7, 11) is 0. The number of esters is 1. The average Bonchev–Trinajstić information content (AvgIpc) is 2.50. The summed E-state index contributed by atoms with van der Waals surface area (Å²) < 4.78 is 5.19. The Labute approximate surface area is 79.8 Å². The molecular weight excluding hydrogens is 166 g/mol. The number of hydrogen-bond donors (Lipinski definition) is 1. The molecule has 1 atom stereocenters. The Balaban J connectivity index is 2.22. The zero-order valence-electron chi connectivity index (χ0n) is 8.72. The first-order valence-corrected chi connectivity index (χ1v) is 4.91. The number of carbonyl (C=O) groups excluding carboxylic acids is 1. The van der Waals surface area contributed by atoms with E-state index in [9.17, 15) is 4.79 Å². The van der Waals surface area contributed by atoms with Gasteiger partial charge >= 0.3 is 5.97 Å². The summed E-state index contributed by atoms with van der Waals surface area (Å²) in [6.07, 6.45) is 2.31. The van der Waals surface area contributed by atoms with Crippen molar-refractivity contribution in [2.24, 2.45) is 5.41 Å². The van der Waals surface area contributed by atoms with Crippen LogP contribution in [0.5, 0.6) is 0 Å². The molecule has 0 aromatic heterocycles. The van der Waals surface area contributed by atoms with Gasteiger partial charge in [0.2, 0.25) is 0 Å². The Morgan fingerprint density at radius 1 is 1.54 bits per heavy atom. The molecule has 1 rings (SSSR count). The Bertz CT molecular complexity index is 178. The minimum atomic E-state index is -0.376. The van der Waals surface area contributed by atoms with E-state index in [2.05, 4.69) is 5.32 Å². The molecule has 13 heavy (non-hydrogen) atoms. The van der Waals surface area contributed by atoms with Crippen LogP contribution in [0.2, 0.25) is 0 Å². The van der Waals surface area contributed by atoms with Gasteiger partial charge in [-0.3, -0.25) is 4.79 Å². The van der Waals surface area contributed by atoms with E-state index < -0.39 is 0 Å². The fourth-order valence-corrected chi connectivity index (χ4v) is 1.29. The van der Waals surface area contributed by atoms with Crippen LogP contribution in [0.15, 0.2) is 0 Å². The Morgan fingerprint density at radius 2 is 2.23 bits per heavy atom. The van der Waals surface area contributed by atoms with E-state index in [-0.39, 0.29) is 11.4 Å². The summed E-state index contributed by atoms with van der Waals surface area (Å²) in [4.78, 5) is 11.4. The van der Waals surface area contributed by atoms with Gasteiger partial charge in [0.1, 0.15) is 6.61 Å². The first-order chi connectivity index (χ1) is 6.00. The number of rotatable bonds is 2.